The van der Waals surface area contributed by atoms with E-state index >= 15 is 0 Å². The van der Waals surface area contributed by atoms with Crippen LogP contribution in [0.1, 0.15) is 138 Å². The quantitative estimate of drug-likeness (QED) is 0.0703. The Kier molecular flexibility index (Phi) is 14.1. The number of thiophene rings is 4. The number of Topliss-reactive ketones (excluding diaryl/α,β-unsaturated/α-hetero) is 1. The molecule has 3 atom stereocenters. The zero-order chi connectivity index (χ0) is 35.1. The maximum atomic E-state index is 13.7. The SMILES string of the molecule is CCCCC(CC)COc1c2cc(-c3sc(C)c4sc(C(=O)C(CC)CCCC)cc34)sc2c(OCC(CC)CCCC)c2cc(C)sc12. The maximum Gasteiger partial charge on any atom is 0.175 e. The van der Waals surface area contributed by atoms with Crippen LogP contribution in [0.5, 0.6) is 11.5 Å². The second-order valence-corrected chi connectivity index (χ2v) is 18.6. The fourth-order valence-corrected chi connectivity index (χ4v) is 11.7. The van der Waals surface area contributed by atoms with Gasteiger partial charge in [0.05, 0.1) is 32.4 Å². The third-order valence-corrected chi connectivity index (χ3v) is 15.2. The number of fused-ring (bicyclic) bond motifs is 3. The lowest BCUT2D eigenvalue weighted by Crippen LogP contribution is -2.12. The van der Waals surface area contributed by atoms with Crippen LogP contribution in [0, 0.1) is 31.6 Å². The number of ether oxygens (including phenoxy) is 2. The van der Waals surface area contributed by atoms with Gasteiger partial charge in [-0.3, -0.25) is 4.79 Å². The van der Waals surface area contributed by atoms with Gasteiger partial charge in [0.15, 0.2) is 5.78 Å². The number of benzene rings is 1. The minimum Gasteiger partial charge on any atom is -0.491 e. The Morgan fingerprint density at radius 2 is 1.20 bits per heavy atom. The molecule has 1 aromatic carbocycles. The highest BCUT2D eigenvalue weighted by Gasteiger charge is 2.26. The average molecular weight is 739 g/mol. The van der Waals surface area contributed by atoms with Gasteiger partial charge in [-0.15, -0.1) is 45.3 Å². The molecule has 5 aromatic rings. The first-order valence-corrected chi connectivity index (χ1v) is 22.4. The van der Waals surface area contributed by atoms with Gasteiger partial charge in [0.2, 0.25) is 0 Å². The summed E-state index contributed by atoms with van der Waals surface area (Å²) in [6, 6.07) is 6.89. The molecule has 7 heteroatoms. The number of carbonyl (C=O) groups is 1. The first-order chi connectivity index (χ1) is 23.8. The predicted octanol–water partition coefficient (Wildman–Crippen LogP) is 15.3. The molecule has 5 rings (SSSR count). The third-order valence-electron chi connectivity index (χ3n) is 10.3. The van der Waals surface area contributed by atoms with Crippen molar-refractivity contribution >= 4 is 81.4 Å². The summed E-state index contributed by atoms with van der Waals surface area (Å²) in [6.07, 6.45) is 13.7. The summed E-state index contributed by atoms with van der Waals surface area (Å²) in [5.74, 6) is 3.60. The van der Waals surface area contributed by atoms with Crippen LogP contribution in [-0.2, 0) is 0 Å². The van der Waals surface area contributed by atoms with Gasteiger partial charge >= 0.3 is 0 Å². The van der Waals surface area contributed by atoms with Crippen molar-refractivity contribution in [2.45, 2.75) is 132 Å². The van der Waals surface area contributed by atoms with Crippen molar-refractivity contribution in [2.75, 3.05) is 13.2 Å². The number of hydrogen-bond donors (Lipinski definition) is 0. The van der Waals surface area contributed by atoms with E-state index in [1.807, 2.05) is 34.0 Å². The number of ketones is 1. The van der Waals surface area contributed by atoms with E-state index in [1.54, 1.807) is 11.3 Å². The highest BCUT2D eigenvalue weighted by Crippen LogP contribution is 2.54. The van der Waals surface area contributed by atoms with Crippen LogP contribution >= 0.6 is 45.3 Å². The number of aryl methyl sites for hydroxylation is 2. The lowest BCUT2D eigenvalue weighted by molar-refractivity contribution is 0.0912. The van der Waals surface area contributed by atoms with E-state index in [-0.39, 0.29) is 5.92 Å². The molecular weight excluding hydrogens is 681 g/mol. The zero-order valence-electron chi connectivity index (χ0n) is 31.2. The standard InChI is InChI=1S/C42H58O3S4/c1-9-15-18-28(12-4)24-44-37-31-21-26(7)46-41(31)38(45-25-29(13-5)19-16-10-2)32-22-35(49-42(32)37)40-33-23-34(48-39(33)27(8)47-40)36(43)30(14-6)20-17-11-3/h21-23,28-30H,9-20,24-25H2,1-8H3. The molecule has 0 radical (unpaired) electrons. The van der Waals surface area contributed by atoms with E-state index < -0.39 is 0 Å². The van der Waals surface area contributed by atoms with Crippen molar-refractivity contribution in [2.24, 2.45) is 17.8 Å². The van der Waals surface area contributed by atoms with Crippen LogP contribution in [0.2, 0.25) is 0 Å². The molecule has 49 heavy (non-hydrogen) atoms. The summed E-state index contributed by atoms with van der Waals surface area (Å²) in [7, 11) is 0. The summed E-state index contributed by atoms with van der Waals surface area (Å²) < 4.78 is 17.5. The monoisotopic (exact) mass is 738 g/mol. The van der Waals surface area contributed by atoms with Crippen LogP contribution in [0.15, 0.2) is 18.2 Å². The molecule has 0 spiro atoms. The highest BCUT2D eigenvalue weighted by atomic mass is 32.1. The number of carbonyl (C=O) groups excluding carboxylic acids is 1. The molecule has 0 saturated carbocycles. The molecule has 4 heterocycles. The molecule has 0 N–H and O–H groups in total. The topological polar surface area (TPSA) is 35.5 Å². The van der Waals surface area contributed by atoms with Crippen LogP contribution in [-0.4, -0.2) is 19.0 Å². The molecule has 268 valence electrons. The van der Waals surface area contributed by atoms with E-state index in [2.05, 4.69) is 73.6 Å². The van der Waals surface area contributed by atoms with Gasteiger partial charge in [-0.05, 0) is 69.6 Å². The maximum absolute atomic E-state index is 13.7. The molecule has 0 bridgehead atoms. The van der Waals surface area contributed by atoms with Crippen LogP contribution in [0.4, 0.5) is 0 Å². The molecule has 0 aliphatic heterocycles. The summed E-state index contributed by atoms with van der Waals surface area (Å²) in [4.78, 5) is 19.7. The Labute approximate surface area is 311 Å². The van der Waals surface area contributed by atoms with Gasteiger partial charge in [0.25, 0.3) is 0 Å². The molecule has 0 saturated heterocycles. The van der Waals surface area contributed by atoms with Crippen LogP contribution < -0.4 is 9.47 Å². The molecule has 0 fully saturated rings. The van der Waals surface area contributed by atoms with Crippen molar-refractivity contribution < 1.29 is 14.3 Å². The van der Waals surface area contributed by atoms with Crippen molar-refractivity contribution in [3.8, 4) is 21.3 Å². The lowest BCUT2D eigenvalue weighted by Gasteiger charge is -2.19. The van der Waals surface area contributed by atoms with Crippen molar-refractivity contribution in [1.29, 1.82) is 0 Å². The van der Waals surface area contributed by atoms with Gasteiger partial charge in [0.1, 0.15) is 11.5 Å². The zero-order valence-corrected chi connectivity index (χ0v) is 34.5. The van der Waals surface area contributed by atoms with E-state index in [9.17, 15) is 4.79 Å². The normalized spacial score (nSPS) is 13.9. The minimum absolute atomic E-state index is 0.115. The van der Waals surface area contributed by atoms with E-state index in [0.717, 1.165) is 68.1 Å². The van der Waals surface area contributed by atoms with E-state index in [0.29, 0.717) is 17.6 Å². The Morgan fingerprint density at radius 1 is 0.633 bits per heavy atom. The van der Waals surface area contributed by atoms with Crippen molar-refractivity contribution in [3.05, 3.63) is 32.8 Å². The predicted molar refractivity (Wildman–Crippen MR) is 221 cm³/mol. The van der Waals surface area contributed by atoms with Crippen molar-refractivity contribution in [3.63, 3.8) is 0 Å². The molecule has 0 aliphatic carbocycles. The molecule has 0 aliphatic rings. The molecular formula is C42H58O3S4. The van der Waals surface area contributed by atoms with Gasteiger partial charge < -0.3 is 9.47 Å². The average Bonchev–Trinajstić information content (AvgIpc) is 3.89. The van der Waals surface area contributed by atoms with Crippen molar-refractivity contribution in [1.82, 2.24) is 0 Å². The first-order valence-electron chi connectivity index (χ1n) is 19.1. The molecule has 0 amide bonds. The number of rotatable bonds is 21. The minimum atomic E-state index is 0.115. The van der Waals surface area contributed by atoms with Gasteiger partial charge in [-0.1, -0.05) is 92.9 Å². The van der Waals surface area contributed by atoms with Gasteiger partial charge in [-0.25, -0.2) is 0 Å². The second-order valence-electron chi connectivity index (χ2n) is 14.0. The summed E-state index contributed by atoms with van der Waals surface area (Å²) in [5, 5.41) is 3.60. The summed E-state index contributed by atoms with van der Waals surface area (Å²) in [6.45, 7) is 19.4. The lowest BCUT2D eigenvalue weighted by atomic mass is 9.94. The summed E-state index contributed by atoms with van der Waals surface area (Å²) >= 11 is 7.24. The smallest absolute Gasteiger partial charge is 0.175 e. The van der Waals surface area contributed by atoms with Gasteiger partial charge in [0, 0.05) is 41.4 Å². The molecule has 3 nitrogen and oxygen atoms in total. The fraction of sp³-hybridized carbons (Fsp3) is 0.595. The Hall–Kier alpha value is -1.93. The van der Waals surface area contributed by atoms with E-state index in [4.69, 9.17) is 9.47 Å². The second kappa shape index (κ2) is 18.0. The van der Waals surface area contributed by atoms with Crippen LogP contribution in [0.3, 0.4) is 0 Å². The van der Waals surface area contributed by atoms with E-state index in [1.165, 1.54) is 88.3 Å². The summed E-state index contributed by atoms with van der Waals surface area (Å²) in [5.41, 5.74) is 0. The Morgan fingerprint density at radius 3 is 1.78 bits per heavy atom. The molecule has 4 aromatic heterocycles. The number of hydrogen-bond acceptors (Lipinski definition) is 7. The van der Waals surface area contributed by atoms with Crippen LogP contribution in [0.25, 0.3) is 40.0 Å². The fourth-order valence-electron chi connectivity index (χ4n) is 6.97. The highest BCUT2D eigenvalue weighted by molar-refractivity contribution is 7.30. The Bertz CT molecular complexity index is 1740. The molecule has 3 unspecified atom stereocenters. The van der Waals surface area contributed by atoms with Gasteiger partial charge in [-0.2, -0.15) is 0 Å². The first kappa shape index (κ1) is 38.3. The third kappa shape index (κ3) is 8.59. The number of unbranched alkanes of at least 4 members (excludes halogenated alkanes) is 3. The largest absolute Gasteiger partial charge is 0.491 e. The Balaban J connectivity index is 1.63.